The molecule has 102 valence electrons. The van der Waals surface area contributed by atoms with Crippen molar-refractivity contribution in [2.75, 3.05) is 13.1 Å². The lowest BCUT2D eigenvalue weighted by Crippen LogP contribution is -2.45. The zero-order chi connectivity index (χ0) is 13.5. The van der Waals surface area contributed by atoms with Crippen LogP contribution >= 0.6 is 0 Å². The maximum Gasteiger partial charge on any atom is 0.248 e. The van der Waals surface area contributed by atoms with E-state index in [1.54, 1.807) is 13.8 Å². The molecule has 6 nitrogen and oxygen atoms in total. The quantitative estimate of drug-likeness (QED) is 0.857. The molecule has 1 fully saturated rings. The molecule has 1 aromatic heterocycles. The van der Waals surface area contributed by atoms with Crippen molar-refractivity contribution < 1.29 is 18.0 Å². The highest BCUT2D eigenvalue weighted by Crippen LogP contribution is 2.27. The number of hydrogen-bond donors (Lipinski definition) is 1. The highest BCUT2D eigenvalue weighted by molar-refractivity contribution is 7.89. The Kier molecular flexibility index (Phi) is 3.48. The van der Waals surface area contributed by atoms with Crippen LogP contribution in [0.1, 0.15) is 24.8 Å². The number of nitrogens with zero attached hydrogens (tertiary/aromatic N) is 2. The summed E-state index contributed by atoms with van der Waals surface area (Å²) in [4.78, 5) is 0.129. The lowest BCUT2D eigenvalue weighted by Gasteiger charge is -2.33. The van der Waals surface area contributed by atoms with E-state index in [4.69, 9.17) is 4.52 Å². The summed E-state index contributed by atoms with van der Waals surface area (Å²) in [6.07, 6.45) is 0.0399. The fraction of sp³-hybridized carbons (Fsp3) is 0.727. The minimum atomic E-state index is -3.62. The molecule has 2 heterocycles. The van der Waals surface area contributed by atoms with Crippen LogP contribution in [0.15, 0.2) is 9.42 Å². The number of aryl methyl sites for hydroxylation is 2. The molecule has 0 bridgehead atoms. The second kappa shape index (κ2) is 4.64. The SMILES string of the molecule is Cc1noc(C)c1S(=O)(=O)N1CCC(C)C(O)C1. The number of aliphatic hydroxyl groups is 1. The van der Waals surface area contributed by atoms with E-state index in [1.165, 1.54) is 4.31 Å². The van der Waals surface area contributed by atoms with Crippen molar-refractivity contribution in [2.45, 2.75) is 38.2 Å². The van der Waals surface area contributed by atoms with Gasteiger partial charge >= 0.3 is 0 Å². The Morgan fingerprint density at radius 3 is 2.61 bits per heavy atom. The van der Waals surface area contributed by atoms with E-state index in [9.17, 15) is 13.5 Å². The van der Waals surface area contributed by atoms with E-state index >= 15 is 0 Å². The fourth-order valence-electron chi connectivity index (χ4n) is 2.21. The Morgan fingerprint density at radius 1 is 1.44 bits per heavy atom. The van der Waals surface area contributed by atoms with Crippen LogP contribution in [0, 0.1) is 19.8 Å². The van der Waals surface area contributed by atoms with Gasteiger partial charge in [-0.1, -0.05) is 12.1 Å². The predicted octanol–water partition coefficient (Wildman–Crippen LogP) is 0.683. The largest absolute Gasteiger partial charge is 0.391 e. The van der Waals surface area contributed by atoms with Crippen molar-refractivity contribution in [1.29, 1.82) is 0 Å². The van der Waals surface area contributed by atoms with E-state index in [0.717, 1.165) is 0 Å². The van der Waals surface area contributed by atoms with Gasteiger partial charge < -0.3 is 9.63 Å². The first-order chi connectivity index (χ1) is 8.34. The molecule has 7 heteroatoms. The Hall–Kier alpha value is -0.920. The van der Waals surface area contributed by atoms with Gasteiger partial charge in [0.1, 0.15) is 10.6 Å². The number of piperidine rings is 1. The number of hydrogen-bond acceptors (Lipinski definition) is 5. The van der Waals surface area contributed by atoms with Crippen molar-refractivity contribution in [3.63, 3.8) is 0 Å². The summed E-state index contributed by atoms with van der Waals surface area (Å²) in [6, 6.07) is 0. The predicted molar refractivity (Wildman–Crippen MR) is 64.5 cm³/mol. The summed E-state index contributed by atoms with van der Waals surface area (Å²) < 4.78 is 31.1. The third-order valence-electron chi connectivity index (χ3n) is 3.45. The Morgan fingerprint density at radius 2 is 2.11 bits per heavy atom. The molecule has 1 aliphatic heterocycles. The number of sulfonamides is 1. The van der Waals surface area contributed by atoms with Crippen LogP contribution < -0.4 is 0 Å². The zero-order valence-electron chi connectivity index (χ0n) is 10.8. The third kappa shape index (κ3) is 2.17. The van der Waals surface area contributed by atoms with Crippen LogP contribution in [0.5, 0.6) is 0 Å². The first-order valence-corrected chi connectivity index (χ1v) is 7.39. The lowest BCUT2D eigenvalue weighted by atomic mass is 9.98. The van der Waals surface area contributed by atoms with E-state index in [1.807, 2.05) is 6.92 Å². The molecule has 2 rings (SSSR count). The Labute approximate surface area is 107 Å². The third-order valence-corrected chi connectivity index (χ3v) is 5.56. The lowest BCUT2D eigenvalue weighted by molar-refractivity contribution is 0.0604. The van der Waals surface area contributed by atoms with Crippen molar-refractivity contribution in [2.24, 2.45) is 5.92 Å². The molecule has 2 atom stereocenters. The topological polar surface area (TPSA) is 83.6 Å². The number of rotatable bonds is 2. The van der Waals surface area contributed by atoms with Crippen molar-refractivity contribution in [3.8, 4) is 0 Å². The second-order valence-corrected chi connectivity index (χ2v) is 6.72. The molecular formula is C11H18N2O4S. The highest BCUT2D eigenvalue weighted by Gasteiger charge is 2.36. The summed E-state index contributed by atoms with van der Waals surface area (Å²) >= 11 is 0. The standard InChI is InChI=1S/C11H18N2O4S/c1-7-4-5-13(6-10(7)14)18(15,16)11-8(2)12-17-9(11)3/h7,10,14H,4-6H2,1-3H3. The van der Waals surface area contributed by atoms with Crippen LogP contribution in [0.3, 0.4) is 0 Å². The molecule has 1 aliphatic rings. The fourth-order valence-corrected chi connectivity index (χ4v) is 3.97. The van der Waals surface area contributed by atoms with Gasteiger partial charge in [0.15, 0.2) is 5.76 Å². The molecule has 18 heavy (non-hydrogen) atoms. The average Bonchev–Trinajstić information content (AvgIpc) is 2.62. The van der Waals surface area contributed by atoms with E-state index in [0.29, 0.717) is 24.4 Å². The van der Waals surface area contributed by atoms with E-state index < -0.39 is 16.1 Å². The molecule has 0 amide bonds. The maximum atomic E-state index is 12.5. The molecule has 1 N–H and O–H groups in total. The minimum absolute atomic E-state index is 0.126. The summed E-state index contributed by atoms with van der Waals surface area (Å²) in [6.45, 7) is 5.66. The van der Waals surface area contributed by atoms with Crippen LogP contribution in [0.25, 0.3) is 0 Å². The number of aromatic nitrogens is 1. The Balaban J connectivity index is 2.33. The van der Waals surface area contributed by atoms with Gasteiger partial charge in [0.2, 0.25) is 10.0 Å². The zero-order valence-corrected chi connectivity index (χ0v) is 11.6. The molecule has 0 saturated carbocycles. The van der Waals surface area contributed by atoms with Gasteiger partial charge in [0, 0.05) is 13.1 Å². The second-order valence-electron chi connectivity index (χ2n) is 4.85. The molecule has 0 spiro atoms. The van der Waals surface area contributed by atoms with Crippen LogP contribution in [0.2, 0.25) is 0 Å². The van der Waals surface area contributed by atoms with E-state index in [2.05, 4.69) is 5.16 Å². The van der Waals surface area contributed by atoms with Gasteiger partial charge in [0.05, 0.1) is 6.10 Å². The molecule has 1 saturated heterocycles. The van der Waals surface area contributed by atoms with Crippen molar-refractivity contribution >= 4 is 10.0 Å². The first-order valence-electron chi connectivity index (χ1n) is 5.95. The molecular weight excluding hydrogens is 256 g/mol. The molecule has 2 unspecified atom stereocenters. The summed E-state index contributed by atoms with van der Waals surface area (Å²) in [5.41, 5.74) is 0.362. The minimum Gasteiger partial charge on any atom is -0.391 e. The monoisotopic (exact) mass is 274 g/mol. The summed E-state index contributed by atoms with van der Waals surface area (Å²) in [5, 5.41) is 13.5. The molecule has 0 aromatic carbocycles. The van der Waals surface area contributed by atoms with Gasteiger partial charge in [0.25, 0.3) is 0 Å². The van der Waals surface area contributed by atoms with Gasteiger partial charge in [-0.15, -0.1) is 0 Å². The van der Waals surface area contributed by atoms with Gasteiger partial charge in [-0.05, 0) is 26.2 Å². The maximum absolute atomic E-state index is 12.5. The van der Waals surface area contributed by atoms with Crippen LogP contribution in [-0.2, 0) is 10.0 Å². The normalized spacial score (nSPS) is 26.4. The molecule has 0 aliphatic carbocycles. The van der Waals surface area contributed by atoms with Crippen LogP contribution in [0.4, 0.5) is 0 Å². The molecule has 1 aromatic rings. The van der Waals surface area contributed by atoms with Gasteiger partial charge in [-0.2, -0.15) is 4.31 Å². The summed E-state index contributed by atoms with van der Waals surface area (Å²) in [7, 11) is -3.62. The smallest absolute Gasteiger partial charge is 0.248 e. The molecule has 0 radical (unpaired) electrons. The summed E-state index contributed by atoms with van der Waals surface area (Å²) in [5.74, 6) is 0.418. The number of β-amino-alcohol motifs (C(OH)–C–C–N with tert-alkyl or cyclic N) is 1. The average molecular weight is 274 g/mol. The van der Waals surface area contributed by atoms with E-state index in [-0.39, 0.29) is 17.4 Å². The van der Waals surface area contributed by atoms with Crippen molar-refractivity contribution in [3.05, 3.63) is 11.5 Å². The first kappa shape index (κ1) is 13.5. The van der Waals surface area contributed by atoms with Gasteiger partial charge in [-0.25, -0.2) is 8.42 Å². The van der Waals surface area contributed by atoms with Crippen molar-refractivity contribution in [1.82, 2.24) is 9.46 Å². The highest BCUT2D eigenvalue weighted by atomic mass is 32.2. The number of aliphatic hydroxyl groups excluding tert-OH is 1. The Bertz CT molecular complexity index is 518. The van der Waals surface area contributed by atoms with Crippen LogP contribution in [-0.4, -0.2) is 42.2 Å². The van der Waals surface area contributed by atoms with Gasteiger partial charge in [-0.3, -0.25) is 0 Å².